The summed E-state index contributed by atoms with van der Waals surface area (Å²) in [5, 5.41) is 14.3. The maximum atomic E-state index is 13.7. The summed E-state index contributed by atoms with van der Waals surface area (Å²) in [5.74, 6) is 1.99. The van der Waals surface area contributed by atoms with Crippen LogP contribution in [0.5, 0.6) is 5.75 Å². The molecular weight excluding hydrogens is 504 g/mol. The number of ether oxygens (including phenoxy) is 1. The molecule has 10 heteroatoms. The summed E-state index contributed by atoms with van der Waals surface area (Å²) >= 11 is 6.16. The van der Waals surface area contributed by atoms with Crippen molar-refractivity contribution in [1.82, 2.24) is 30.1 Å². The highest BCUT2D eigenvalue weighted by Gasteiger charge is 2.34. The van der Waals surface area contributed by atoms with Gasteiger partial charge in [-0.15, -0.1) is 5.10 Å². The molecule has 0 bridgehead atoms. The van der Waals surface area contributed by atoms with Crippen molar-refractivity contribution in [3.8, 4) is 5.75 Å². The number of nitrogens with one attached hydrogen (secondary N) is 1. The number of methoxy groups -OCH3 is 1. The first-order valence-electron chi connectivity index (χ1n) is 12.2. The summed E-state index contributed by atoms with van der Waals surface area (Å²) in [4.78, 5) is 18.8. The molecule has 1 N–H and O–H groups in total. The van der Waals surface area contributed by atoms with Crippen LogP contribution < -0.4 is 10.3 Å². The van der Waals surface area contributed by atoms with Gasteiger partial charge in [-0.2, -0.15) is 0 Å². The number of pyridine rings is 1. The van der Waals surface area contributed by atoms with Crippen LogP contribution in [0.1, 0.15) is 49.5 Å². The third-order valence-corrected chi connectivity index (χ3v) is 6.60. The van der Waals surface area contributed by atoms with Crippen molar-refractivity contribution in [2.45, 2.75) is 45.4 Å². The smallest absolute Gasteiger partial charge is 0.253 e. The van der Waals surface area contributed by atoms with E-state index in [9.17, 15) is 4.79 Å². The van der Waals surface area contributed by atoms with Crippen LogP contribution in [-0.4, -0.2) is 37.2 Å². The van der Waals surface area contributed by atoms with E-state index in [4.69, 9.17) is 20.8 Å². The summed E-state index contributed by atoms with van der Waals surface area (Å²) in [6.07, 6.45) is 1.64. The Balaban J connectivity index is 1.72. The summed E-state index contributed by atoms with van der Waals surface area (Å²) < 4.78 is 12.9. The standard InChI is InChI=1S/C28H29ClN6O3/c1-28(2,3)35-26(31-32-33-35)25(23-15-19-14-21(37-4)11-12-24(19)30-27(23)36)34(17-22-6-5-13-38-22)16-18-7-9-20(29)10-8-18/h5-15,25H,16-17H2,1-4H3,(H,30,36)/t25-/m0/s1. The molecule has 0 aliphatic heterocycles. The van der Waals surface area contributed by atoms with Crippen LogP contribution in [0.25, 0.3) is 10.9 Å². The van der Waals surface area contributed by atoms with E-state index in [2.05, 4.69) is 25.4 Å². The van der Waals surface area contributed by atoms with Gasteiger partial charge in [0, 0.05) is 28.0 Å². The van der Waals surface area contributed by atoms with Crippen molar-refractivity contribution in [1.29, 1.82) is 0 Å². The number of hydrogen-bond donors (Lipinski definition) is 1. The first kappa shape index (κ1) is 25.7. The van der Waals surface area contributed by atoms with E-state index in [1.165, 1.54) is 0 Å². The first-order valence-corrected chi connectivity index (χ1v) is 12.6. The van der Waals surface area contributed by atoms with Gasteiger partial charge in [0.2, 0.25) is 0 Å². The van der Waals surface area contributed by atoms with E-state index in [1.54, 1.807) is 18.1 Å². The van der Waals surface area contributed by atoms with Gasteiger partial charge in [0.25, 0.3) is 5.56 Å². The lowest BCUT2D eigenvalue weighted by Crippen LogP contribution is -2.37. The molecule has 1 atom stereocenters. The molecule has 0 aliphatic rings. The molecular formula is C28H29ClN6O3. The van der Waals surface area contributed by atoms with Gasteiger partial charge >= 0.3 is 0 Å². The molecule has 0 saturated heterocycles. The third kappa shape index (κ3) is 5.34. The molecule has 0 unspecified atom stereocenters. The van der Waals surface area contributed by atoms with Gasteiger partial charge in [-0.1, -0.05) is 23.7 Å². The van der Waals surface area contributed by atoms with Crippen LogP contribution in [0.3, 0.4) is 0 Å². The Labute approximate surface area is 225 Å². The van der Waals surface area contributed by atoms with Crippen LogP contribution in [0.2, 0.25) is 5.02 Å². The number of hydrogen-bond acceptors (Lipinski definition) is 7. The van der Waals surface area contributed by atoms with E-state index in [0.29, 0.717) is 40.8 Å². The minimum Gasteiger partial charge on any atom is -0.497 e. The second kappa shape index (κ2) is 10.4. The molecule has 0 fully saturated rings. The molecule has 5 aromatic rings. The molecule has 0 radical (unpaired) electrons. The lowest BCUT2D eigenvalue weighted by atomic mass is 10.0. The zero-order valence-corrected chi connectivity index (χ0v) is 22.4. The second-order valence-electron chi connectivity index (χ2n) is 10.1. The zero-order chi connectivity index (χ0) is 26.9. The maximum Gasteiger partial charge on any atom is 0.253 e. The Morgan fingerprint density at radius 2 is 1.89 bits per heavy atom. The Hall–Kier alpha value is -3.95. The van der Waals surface area contributed by atoms with E-state index in [-0.39, 0.29) is 5.56 Å². The highest BCUT2D eigenvalue weighted by Crippen LogP contribution is 2.32. The zero-order valence-electron chi connectivity index (χ0n) is 21.7. The van der Waals surface area contributed by atoms with Gasteiger partial charge in [-0.05, 0) is 85.3 Å². The Morgan fingerprint density at radius 3 is 2.58 bits per heavy atom. The monoisotopic (exact) mass is 532 g/mol. The molecule has 9 nitrogen and oxygen atoms in total. The molecule has 0 aliphatic carbocycles. The summed E-state index contributed by atoms with van der Waals surface area (Å²) in [6.45, 7) is 6.96. The summed E-state index contributed by atoms with van der Waals surface area (Å²) in [7, 11) is 1.62. The average molecular weight is 533 g/mol. The number of aromatic amines is 1. The number of H-pyrrole nitrogens is 1. The molecule has 3 aromatic heterocycles. The number of nitrogens with zero attached hydrogens (tertiary/aromatic N) is 5. The Kier molecular flexibility index (Phi) is 7.05. The molecule has 5 rings (SSSR count). The van der Waals surface area contributed by atoms with Crippen molar-refractivity contribution in [3.63, 3.8) is 0 Å². The van der Waals surface area contributed by atoms with Crippen molar-refractivity contribution in [3.05, 3.63) is 105 Å². The lowest BCUT2D eigenvalue weighted by Gasteiger charge is -2.32. The minimum absolute atomic E-state index is 0.225. The van der Waals surface area contributed by atoms with Crippen LogP contribution in [0.15, 0.2) is 76.1 Å². The maximum absolute atomic E-state index is 13.7. The van der Waals surface area contributed by atoms with Gasteiger partial charge in [0.15, 0.2) is 5.82 Å². The highest BCUT2D eigenvalue weighted by molar-refractivity contribution is 6.30. The van der Waals surface area contributed by atoms with Crippen molar-refractivity contribution < 1.29 is 9.15 Å². The van der Waals surface area contributed by atoms with E-state index >= 15 is 0 Å². The summed E-state index contributed by atoms with van der Waals surface area (Å²) in [5.41, 5.74) is 1.58. The number of halogens is 1. The molecule has 38 heavy (non-hydrogen) atoms. The SMILES string of the molecule is COc1ccc2[nH]c(=O)c([C@@H](c3nnnn3C(C)(C)C)N(Cc3ccc(Cl)cc3)Cc3ccco3)cc2c1. The molecule has 0 spiro atoms. The van der Waals surface area contributed by atoms with Crippen LogP contribution in [0.4, 0.5) is 0 Å². The van der Waals surface area contributed by atoms with Gasteiger partial charge in [-0.3, -0.25) is 9.69 Å². The van der Waals surface area contributed by atoms with Gasteiger partial charge < -0.3 is 14.1 Å². The van der Waals surface area contributed by atoms with Crippen molar-refractivity contribution in [2.75, 3.05) is 7.11 Å². The van der Waals surface area contributed by atoms with Gasteiger partial charge in [0.1, 0.15) is 17.6 Å². The topological polar surface area (TPSA) is 102 Å². The summed E-state index contributed by atoms with van der Waals surface area (Å²) in [6, 6.07) is 18.2. The Bertz CT molecular complexity index is 1590. The van der Waals surface area contributed by atoms with E-state index < -0.39 is 11.6 Å². The molecule has 3 heterocycles. The van der Waals surface area contributed by atoms with Crippen LogP contribution in [0, 0.1) is 0 Å². The quantitative estimate of drug-likeness (QED) is 0.288. The largest absolute Gasteiger partial charge is 0.497 e. The van der Waals surface area contributed by atoms with Crippen LogP contribution >= 0.6 is 11.6 Å². The fourth-order valence-corrected chi connectivity index (χ4v) is 4.66. The van der Waals surface area contributed by atoms with Crippen LogP contribution in [-0.2, 0) is 18.6 Å². The number of benzene rings is 2. The number of tetrazole rings is 1. The predicted octanol–water partition coefficient (Wildman–Crippen LogP) is 5.32. The fourth-order valence-electron chi connectivity index (χ4n) is 4.54. The molecule has 196 valence electrons. The molecule has 2 aromatic carbocycles. The first-order chi connectivity index (χ1) is 18.2. The average Bonchev–Trinajstić information content (AvgIpc) is 3.58. The number of furan rings is 1. The van der Waals surface area contributed by atoms with Crippen molar-refractivity contribution >= 4 is 22.5 Å². The van der Waals surface area contributed by atoms with Crippen molar-refractivity contribution in [2.24, 2.45) is 0 Å². The number of aromatic nitrogens is 5. The second-order valence-corrected chi connectivity index (χ2v) is 10.6. The van der Waals surface area contributed by atoms with Gasteiger partial charge in [0.05, 0.1) is 25.5 Å². The highest BCUT2D eigenvalue weighted by atomic mass is 35.5. The van der Waals surface area contributed by atoms with Gasteiger partial charge in [-0.25, -0.2) is 4.68 Å². The van der Waals surface area contributed by atoms with E-state index in [0.717, 1.165) is 16.7 Å². The predicted molar refractivity (Wildman–Crippen MR) is 145 cm³/mol. The third-order valence-electron chi connectivity index (χ3n) is 6.35. The minimum atomic E-state index is -0.607. The number of fused-ring (bicyclic) bond motifs is 1. The lowest BCUT2D eigenvalue weighted by molar-refractivity contribution is 0.171. The molecule has 0 amide bonds. The molecule has 0 saturated carbocycles. The fraction of sp³-hybridized carbons (Fsp3) is 0.286. The Morgan fingerprint density at radius 1 is 1.11 bits per heavy atom. The number of rotatable bonds is 8. The normalized spacial score (nSPS) is 12.8. The van der Waals surface area contributed by atoms with E-state index in [1.807, 2.05) is 81.4 Å².